The van der Waals surface area contributed by atoms with E-state index in [-0.39, 0.29) is 0 Å². The van der Waals surface area contributed by atoms with Crippen LogP contribution in [0.15, 0.2) is 17.9 Å². The first-order valence-electron chi connectivity index (χ1n) is 3.87. The van der Waals surface area contributed by atoms with Crippen LogP contribution >= 0.6 is 24.0 Å². The van der Waals surface area contributed by atoms with Crippen LogP contribution in [0.4, 0.5) is 0 Å². The molecule has 0 atom stereocenters. The van der Waals surface area contributed by atoms with Gasteiger partial charge >= 0.3 is 0 Å². The molecular weight excluding hydrogens is 218 g/mol. The molecule has 0 fully saturated rings. The molecule has 1 aromatic heterocycles. The lowest BCUT2D eigenvalue weighted by molar-refractivity contribution is 0.648. The predicted octanol–water partition coefficient (Wildman–Crippen LogP) is 2.05. The normalized spacial score (nSPS) is 10.1. The van der Waals surface area contributed by atoms with Crippen LogP contribution in [0, 0.1) is 0 Å². The Hall–Kier alpha value is -0.560. The molecule has 0 aromatic carbocycles. The van der Waals surface area contributed by atoms with Gasteiger partial charge in [0.05, 0.1) is 17.9 Å². The first-order valence-corrected chi connectivity index (χ1v) is 5.87. The van der Waals surface area contributed by atoms with Gasteiger partial charge < -0.3 is 4.55 Å². The standard InChI is InChI=1S/C8H11N3OS2/c1-3-7-6(5-10-14-12)4-9-8(11-7)13-2/h3-4,10,12H,1,5H2,2H3. The van der Waals surface area contributed by atoms with Gasteiger partial charge in [0.1, 0.15) is 0 Å². The fourth-order valence-electron chi connectivity index (χ4n) is 0.924. The smallest absolute Gasteiger partial charge is 0.187 e. The van der Waals surface area contributed by atoms with Crippen molar-refractivity contribution in [3.8, 4) is 0 Å². The molecule has 6 heteroatoms. The van der Waals surface area contributed by atoms with Crippen LogP contribution in [0.5, 0.6) is 0 Å². The monoisotopic (exact) mass is 229 g/mol. The Kier molecular flexibility index (Phi) is 4.95. The Morgan fingerprint density at radius 2 is 2.50 bits per heavy atom. The fraction of sp³-hybridized carbons (Fsp3) is 0.250. The Balaban J connectivity index is 2.87. The zero-order valence-electron chi connectivity index (χ0n) is 7.73. The summed E-state index contributed by atoms with van der Waals surface area (Å²) in [4.78, 5) is 8.40. The Labute approximate surface area is 91.6 Å². The van der Waals surface area contributed by atoms with Crippen molar-refractivity contribution < 1.29 is 4.55 Å². The van der Waals surface area contributed by atoms with E-state index in [4.69, 9.17) is 4.55 Å². The second-order valence-corrected chi connectivity index (χ2v) is 3.63. The summed E-state index contributed by atoms with van der Waals surface area (Å²) < 4.78 is 11.2. The van der Waals surface area contributed by atoms with Crippen molar-refractivity contribution >= 4 is 30.1 Å². The zero-order valence-corrected chi connectivity index (χ0v) is 9.36. The van der Waals surface area contributed by atoms with Crippen molar-refractivity contribution in [2.45, 2.75) is 11.7 Å². The highest BCUT2D eigenvalue weighted by Crippen LogP contribution is 2.13. The minimum Gasteiger partial charge on any atom is -0.317 e. The molecule has 0 aliphatic rings. The van der Waals surface area contributed by atoms with Crippen LogP contribution in [-0.2, 0) is 6.54 Å². The van der Waals surface area contributed by atoms with Crippen molar-refractivity contribution in [2.75, 3.05) is 6.26 Å². The summed E-state index contributed by atoms with van der Waals surface area (Å²) in [6, 6.07) is 0. The molecule has 2 N–H and O–H groups in total. The van der Waals surface area contributed by atoms with Crippen LogP contribution < -0.4 is 4.72 Å². The van der Waals surface area contributed by atoms with Gasteiger partial charge in [-0.25, -0.2) is 14.7 Å². The van der Waals surface area contributed by atoms with Gasteiger partial charge in [0.25, 0.3) is 0 Å². The molecule has 1 heterocycles. The number of nitrogens with one attached hydrogen (secondary N) is 1. The van der Waals surface area contributed by atoms with E-state index in [2.05, 4.69) is 21.3 Å². The summed E-state index contributed by atoms with van der Waals surface area (Å²) in [7, 11) is 0. The Morgan fingerprint density at radius 3 is 3.07 bits per heavy atom. The molecule has 0 bridgehead atoms. The molecule has 1 rings (SSSR count). The van der Waals surface area contributed by atoms with Gasteiger partial charge in [0, 0.05) is 18.3 Å². The van der Waals surface area contributed by atoms with Crippen LogP contribution in [0.2, 0.25) is 0 Å². The third-order valence-electron chi connectivity index (χ3n) is 1.58. The summed E-state index contributed by atoms with van der Waals surface area (Å²) in [5.41, 5.74) is 1.71. The molecule has 76 valence electrons. The summed E-state index contributed by atoms with van der Waals surface area (Å²) in [5.74, 6) is 0. The summed E-state index contributed by atoms with van der Waals surface area (Å²) >= 11 is 2.07. The van der Waals surface area contributed by atoms with E-state index in [0.717, 1.165) is 16.4 Å². The van der Waals surface area contributed by atoms with Gasteiger partial charge in [-0.2, -0.15) is 0 Å². The van der Waals surface area contributed by atoms with Crippen molar-refractivity contribution in [3.05, 3.63) is 24.0 Å². The summed E-state index contributed by atoms with van der Waals surface area (Å²) in [6.07, 6.45) is 5.34. The Bertz CT molecular complexity index is 319. The number of nitrogens with zero attached hydrogens (tertiary/aromatic N) is 2. The van der Waals surface area contributed by atoms with Crippen molar-refractivity contribution in [1.82, 2.24) is 14.7 Å². The zero-order chi connectivity index (χ0) is 10.4. The number of hydrogen-bond donors (Lipinski definition) is 2. The molecular formula is C8H11N3OS2. The number of aromatic nitrogens is 2. The number of rotatable bonds is 5. The van der Waals surface area contributed by atoms with Gasteiger partial charge in [-0.05, 0) is 12.3 Å². The fourth-order valence-corrected chi connectivity index (χ4v) is 1.49. The highest BCUT2D eigenvalue weighted by Gasteiger charge is 2.03. The maximum atomic E-state index is 8.53. The van der Waals surface area contributed by atoms with Crippen molar-refractivity contribution in [1.29, 1.82) is 0 Å². The SMILES string of the molecule is C=Cc1nc(SC)ncc1CNSO. The van der Waals surface area contributed by atoms with Gasteiger partial charge in [-0.1, -0.05) is 18.3 Å². The van der Waals surface area contributed by atoms with Crippen LogP contribution in [0.25, 0.3) is 6.08 Å². The molecule has 0 saturated carbocycles. The van der Waals surface area contributed by atoms with Gasteiger partial charge in [0.2, 0.25) is 0 Å². The predicted molar refractivity (Wildman–Crippen MR) is 61.0 cm³/mol. The lowest BCUT2D eigenvalue weighted by Gasteiger charge is -2.05. The largest absolute Gasteiger partial charge is 0.317 e. The molecule has 0 aliphatic heterocycles. The first kappa shape index (κ1) is 11.5. The second kappa shape index (κ2) is 6.02. The number of hydrogen-bond acceptors (Lipinski definition) is 6. The second-order valence-electron chi connectivity index (χ2n) is 2.38. The molecule has 0 amide bonds. The maximum Gasteiger partial charge on any atom is 0.187 e. The van der Waals surface area contributed by atoms with E-state index < -0.39 is 0 Å². The van der Waals surface area contributed by atoms with Crippen LogP contribution in [-0.4, -0.2) is 20.8 Å². The van der Waals surface area contributed by atoms with Crippen LogP contribution in [0.3, 0.4) is 0 Å². The van der Waals surface area contributed by atoms with Gasteiger partial charge in [-0.3, -0.25) is 0 Å². The maximum absolute atomic E-state index is 8.53. The minimum absolute atomic E-state index is 0.511. The molecule has 0 aliphatic carbocycles. The molecule has 0 unspecified atom stereocenters. The first-order chi connectivity index (χ1) is 6.81. The summed E-state index contributed by atoms with van der Waals surface area (Å²) in [6.45, 7) is 4.19. The highest BCUT2D eigenvalue weighted by atomic mass is 32.2. The molecule has 0 saturated heterocycles. The average molecular weight is 229 g/mol. The van der Waals surface area contributed by atoms with Crippen molar-refractivity contribution in [3.63, 3.8) is 0 Å². The minimum atomic E-state index is 0.511. The number of thioether (sulfide) groups is 1. The van der Waals surface area contributed by atoms with Crippen LogP contribution in [0.1, 0.15) is 11.3 Å². The average Bonchev–Trinajstić information content (AvgIpc) is 2.26. The van der Waals surface area contributed by atoms with E-state index in [1.165, 1.54) is 11.8 Å². The van der Waals surface area contributed by atoms with E-state index in [1.54, 1.807) is 12.3 Å². The molecule has 0 radical (unpaired) electrons. The third kappa shape index (κ3) is 2.98. The molecule has 0 spiro atoms. The molecule has 1 aromatic rings. The quantitative estimate of drug-likeness (QED) is 0.349. The third-order valence-corrected chi connectivity index (χ3v) is 2.41. The molecule has 14 heavy (non-hydrogen) atoms. The Morgan fingerprint density at radius 1 is 1.71 bits per heavy atom. The van der Waals surface area contributed by atoms with Gasteiger partial charge in [0.15, 0.2) is 5.16 Å². The summed E-state index contributed by atoms with van der Waals surface area (Å²) in [5, 5.41) is 0.723. The molecule has 4 nitrogen and oxygen atoms in total. The lowest BCUT2D eigenvalue weighted by Crippen LogP contribution is -2.06. The van der Waals surface area contributed by atoms with E-state index in [1.807, 2.05) is 6.26 Å². The highest BCUT2D eigenvalue weighted by molar-refractivity contribution is 7.98. The topological polar surface area (TPSA) is 58.0 Å². The lowest BCUT2D eigenvalue weighted by atomic mass is 10.2. The van der Waals surface area contributed by atoms with E-state index in [0.29, 0.717) is 18.8 Å². The van der Waals surface area contributed by atoms with Gasteiger partial charge in [-0.15, -0.1) is 0 Å². The van der Waals surface area contributed by atoms with E-state index in [9.17, 15) is 0 Å². The van der Waals surface area contributed by atoms with Crippen molar-refractivity contribution in [2.24, 2.45) is 0 Å². The van der Waals surface area contributed by atoms with E-state index >= 15 is 0 Å².